The molecule has 0 radical (unpaired) electrons. The van der Waals surface area contributed by atoms with E-state index in [1.807, 2.05) is 0 Å². The standard InChI is InChI=1S/C27H23Cl2F2NO6S/c28-21-14-32-15-22(29)20(21)13-24(37-26(33)10-11-39(34,35)19-4-2-1-3-5-19)18-8-9-23(38-27(30)31)25(12-18)36-16-17-6-7-17/h1-5,8-12,14-15,17,24,27H,6-7,13,16H2/b11-10-/t24-/m0/s1. The first-order chi connectivity index (χ1) is 18.6. The molecule has 0 N–H and O–H groups in total. The molecule has 4 rings (SSSR count). The molecule has 39 heavy (non-hydrogen) atoms. The van der Waals surface area contributed by atoms with Gasteiger partial charge in [-0.15, -0.1) is 0 Å². The minimum atomic E-state index is -3.90. The summed E-state index contributed by atoms with van der Waals surface area (Å²) in [6, 6.07) is 11.7. The van der Waals surface area contributed by atoms with Gasteiger partial charge in [0.2, 0.25) is 0 Å². The Kier molecular flexibility index (Phi) is 9.42. The van der Waals surface area contributed by atoms with Crippen LogP contribution in [0.3, 0.4) is 0 Å². The third-order valence-corrected chi connectivity index (χ3v) is 7.86. The first-order valence-electron chi connectivity index (χ1n) is 11.8. The van der Waals surface area contributed by atoms with Crippen LogP contribution in [-0.4, -0.2) is 32.6 Å². The third kappa shape index (κ3) is 8.14. The van der Waals surface area contributed by atoms with E-state index in [4.69, 9.17) is 32.7 Å². The van der Waals surface area contributed by atoms with Crippen LogP contribution in [0.2, 0.25) is 10.0 Å². The van der Waals surface area contributed by atoms with Crippen molar-refractivity contribution in [1.82, 2.24) is 4.98 Å². The van der Waals surface area contributed by atoms with E-state index in [0.29, 0.717) is 23.7 Å². The molecule has 0 unspecified atom stereocenters. The van der Waals surface area contributed by atoms with Gasteiger partial charge in [-0.3, -0.25) is 4.98 Å². The van der Waals surface area contributed by atoms with E-state index in [2.05, 4.69) is 9.72 Å². The first-order valence-corrected chi connectivity index (χ1v) is 14.1. The molecule has 1 saturated carbocycles. The van der Waals surface area contributed by atoms with Gasteiger partial charge in [-0.1, -0.05) is 47.5 Å². The Morgan fingerprint density at radius 1 is 1.05 bits per heavy atom. The van der Waals surface area contributed by atoms with Gasteiger partial charge in [0.1, 0.15) is 6.10 Å². The van der Waals surface area contributed by atoms with Crippen LogP contribution >= 0.6 is 23.2 Å². The van der Waals surface area contributed by atoms with Crippen molar-refractivity contribution in [2.24, 2.45) is 5.92 Å². The second-order valence-corrected chi connectivity index (χ2v) is 11.4. The molecule has 0 spiro atoms. The fourth-order valence-electron chi connectivity index (χ4n) is 3.58. The number of esters is 1. The average Bonchev–Trinajstić information content (AvgIpc) is 3.73. The summed E-state index contributed by atoms with van der Waals surface area (Å²) >= 11 is 12.6. The number of nitrogens with zero attached hydrogens (tertiary/aromatic N) is 1. The number of hydrogen-bond acceptors (Lipinski definition) is 7. The fourth-order valence-corrected chi connectivity index (χ4v) is 5.09. The van der Waals surface area contributed by atoms with Gasteiger partial charge >= 0.3 is 12.6 Å². The summed E-state index contributed by atoms with van der Waals surface area (Å²) in [5.41, 5.74) is 0.777. The second-order valence-electron chi connectivity index (χ2n) is 8.71. The summed E-state index contributed by atoms with van der Waals surface area (Å²) in [7, 11) is -3.90. The molecule has 2 aromatic carbocycles. The van der Waals surface area contributed by atoms with E-state index in [1.165, 1.54) is 42.7 Å². The van der Waals surface area contributed by atoms with E-state index in [0.717, 1.165) is 24.3 Å². The number of hydrogen-bond donors (Lipinski definition) is 0. The van der Waals surface area contributed by atoms with Crippen molar-refractivity contribution in [3.63, 3.8) is 0 Å². The minimum Gasteiger partial charge on any atom is -0.489 e. The van der Waals surface area contributed by atoms with Crippen molar-refractivity contribution in [3.05, 3.63) is 93.6 Å². The molecule has 3 aromatic rings. The number of aromatic nitrogens is 1. The van der Waals surface area contributed by atoms with Gasteiger partial charge in [0.15, 0.2) is 21.3 Å². The summed E-state index contributed by atoms with van der Waals surface area (Å²) in [4.78, 5) is 16.7. The number of carbonyl (C=O) groups excluding carboxylic acids is 1. The van der Waals surface area contributed by atoms with Crippen LogP contribution in [0.15, 0.2) is 77.3 Å². The summed E-state index contributed by atoms with van der Waals surface area (Å²) in [6.45, 7) is -2.76. The van der Waals surface area contributed by atoms with Crippen molar-refractivity contribution < 1.29 is 36.2 Å². The first kappa shape index (κ1) is 28.8. The molecule has 7 nitrogen and oxygen atoms in total. The Labute approximate surface area is 234 Å². The highest BCUT2D eigenvalue weighted by molar-refractivity contribution is 7.94. The van der Waals surface area contributed by atoms with Crippen molar-refractivity contribution >= 4 is 39.0 Å². The van der Waals surface area contributed by atoms with E-state index in [-0.39, 0.29) is 32.9 Å². The fraction of sp³-hybridized carbons (Fsp3) is 0.259. The molecule has 0 bridgehead atoms. The lowest BCUT2D eigenvalue weighted by atomic mass is 10.0. The molecule has 1 heterocycles. The Balaban J connectivity index is 1.63. The normalized spacial score (nSPS) is 14.4. The molecule has 1 aliphatic carbocycles. The number of pyridine rings is 1. The predicted octanol–water partition coefficient (Wildman–Crippen LogP) is 6.59. The van der Waals surface area contributed by atoms with Gasteiger partial charge in [-0.25, -0.2) is 13.2 Å². The van der Waals surface area contributed by atoms with E-state index in [1.54, 1.807) is 18.2 Å². The smallest absolute Gasteiger partial charge is 0.387 e. The van der Waals surface area contributed by atoms with Gasteiger partial charge in [0.05, 0.1) is 21.5 Å². The zero-order valence-electron chi connectivity index (χ0n) is 20.3. The molecule has 1 atom stereocenters. The van der Waals surface area contributed by atoms with Gasteiger partial charge < -0.3 is 14.2 Å². The summed E-state index contributed by atoms with van der Waals surface area (Å²) in [5, 5.41) is 1.18. The molecule has 0 aliphatic heterocycles. The molecule has 1 fully saturated rings. The number of ether oxygens (including phenoxy) is 3. The monoisotopic (exact) mass is 597 g/mol. The number of sulfone groups is 1. The lowest BCUT2D eigenvalue weighted by Crippen LogP contribution is -2.14. The van der Waals surface area contributed by atoms with E-state index >= 15 is 0 Å². The second kappa shape index (κ2) is 12.8. The molecule has 206 valence electrons. The molecule has 0 saturated heterocycles. The summed E-state index contributed by atoms with van der Waals surface area (Å²) in [6.07, 6.45) is 4.41. The lowest BCUT2D eigenvalue weighted by molar-refractivity contribution is -0.143. The highest BCUT2D eigenvalue weighted by atomic mass is 35.5. The maximum absolute atomic E-state index is 13.0. The average molecular weight is 598 g/mol. The number of rotatable bonds is 12. The zero-order chi connectivity index (χ0) is 28.0. The zero-order valence-corrected chi connectivity index (χ0v) is 22.6. The quantitative estimate of drug-likeness (QED) is 0.172. The molecular weight excluding hydrogens is 575 g/mol. The number of benzene rings is 2. The molecule has 1 aliphatic rings. The Hall–Kier alpha value is -3.21. The number of alkyl halides is 2. The van der Waals surface area contributed by atoms with Crippen molar-refractivity contribution in [2.45, 2.75) is 36.9 Å². The van der Waals surface area contributed by atoms with Crippen LogP contribution in [0, 0.1) is 5.92 Å². The Bertz CT molecular complexity index is 1430. The SMILES string of the molecule is O=C(/C=C\S(=O)(=O)c1ccccc1)O[C@@H](Cc1c(Cl)cncc1Cl)c1ccc(OC(F)F)c(OCC2CC2)c1. The van der Waals surface area contributed by atoms with E-state index < -0.39 is 28.5 Å². The molecule has 12 heteroatoms. The Morgan fingerprint density at radius 2 is 1.74 bits per heavy atom. The molecule has 1 aromatic heterocycles. The van der Waals surface area contributed by atoms with Crippen molar-refractivity contribution in [2.75, 3.05) is 6.61 Å². The van der Waals surface area contributed by atoms with Gasteiger partial charge in [0.25, 0.3) is 0 Å². The third-order valence-electron chi connectivity index (χ3n) is 5.78. The van der Waals surface area contributed by atoms with Crippen LogP contribution in [0.5, 0.6) is 11.5 Å². The van der Waals surface area contributed by atoms with Gasteiger partial charge in [-0.2, -0.15) is 8.78 Å². The van der Waals surface area contributed by atoms with Gasteiger partial charge in [0, 0.05) is 30.3 Å². The van der Waals surface area contributed by atoms with Crippen molar-refractivity contribution in [1.29, 1.82) is 0 Å². The summed E-state index contributed by atoms with van der Waals surface area (Å²) < 4.78 is 67.0. The van der Waals surface area contributed by atoms with Crippen LogP contribution in [0.1, 0.15) is 30.1 Å². The largest absolute Gasteiger partial charge is 0.489 e. The predicted molar refractivity (Wildman–Crippen MR) is 141 cm³/mol. The highest BCUT2D eigenvalue weighted by Gasteiger charge is 2.25. The van der Waals surface area contributed by atoms with Crippen LogP contribution in [0.25, 0.3) is 0 Å². The number of halogens is 4. The van der Waals surface area contributed by atoms with E-state index in [9.17, 15) is 22.0 Å². The minimum absolute atomic E-state index is 0.00743. The topological polar surface area (TPSA) is 91.8 Å². The highest BCUT2D eigenvalue weighted by Crippen LogP contribution is 2.38. The maximum Gasteiger partial charge on any atom is 0.387 e. The molecular formula is C27H23Cl2F2NO6S. The van der Waals surface area contributed by atoms with Crippen molar-refractivity contribution in [3.8, 4) is 11.5 Å². The molecule has 0 amide bonds. The van der Waals surface area contributed by atoms with Crippen LogP contribution < -0.4 is 9.47 Å². The number of carbonyl (C=O) groups is 1. The van der Waals surface area contributed by atoms with Crippen LogP contribution in [-0.2, 0) is 25.8 Å². The summed E-state index contributed by atoms with van der Waals surface area (Å²) in [5.74, 6) is -0.759. The van der Waals surface area contributed by atoms with Gasteiger partial charge in [-0.05, 0) is 54.2 Å². The Morgan fingerprint density at radius 3 is 2.38 bits per heavy atom. The van der Waals surface area contributed by atoms with Crippen LogP contribution in [0.4, 0.5) is 8.78 Å². The lowest BCUT2D eigenvalue weighted by Gasteiger charge is -2.21. The maximum atomic E-state index is 13.0.